The largest absolute Gasteiger partial charge is 0.197 e. The number of aryl methyl sites for hydroxylation is 1. The summed E-state index contributed by atoms with van der Waals surface area (Å²) in [5, 5.41) is 9.94. The zero-order chi connectivity index (χ0) is 20.5. The quantitative estimate of drug-likeness (QED) is 0.397. The summed E-state index contributed by atoms with van der Waals surface area (Å²) in [6.07, 6.45) is 13.5. The van der Waals surface area contributed by atoms with Crippen LogP contribution >= 0.6 is 0 Å². The molecular weight excluding hydrogens is 350 g/mol. The van der Waals surface area contributed by atoms with Crippen molar-refractivity contribution in [3.8, 4) is 17.2 Å². The average Bonchev–Trinajstić information content (AvgIpc) is 2.79. The van der Waals surface area contributed by atoms with Crippen LogP contribution in [0.5, 0.6) is 0 Å². The minimum atomic E-state index is -0.272. The summed E-state index contributed by atoms with van der Waals surface area (Å²) in [5.41, 5.74) is 4.90. The predicted molar refractivity (Wildman–Crippen MR) is 124 cm³/mol. The van der Waals surface area contributed by atoms with Gasteiger partial charge in [-0.25, -0.2) is 0 Å². The van der Waals surface area contributed by atoms with E-state index >= 15 is 0 Å². The Labute approximate surface area is 178 Å². The highest BCUT2D eigenvalue weighted by molar-refractivity contribution is 5.64. The molecule has 1 fully saturated rings. The topological polar surface area (TPSA) is 23.8 Å². The number of hydrogen-bond donors (Lipinski definition) is 0. The van der Waals surface area contributed by atoms with Crippen LogP contribution in [0.1, 0.15) is 89.2 Å². The van der Waals surface area contributed by atoms with Gasteiger partial charge in [0.15, 0.2) is 0 Å². The van der Waals surface area contributed by atoms with Crippen LogP contribution in [0.25, 0.3) is 11.1 Å². The van der Waals surface area contributed by atoms with E-state index in [1.807, 2.05) is 0 Å². The maximum atomic E-state index is 9.94. The molecule has 0 radical (unpaired) electrons. The van der Waals surface area contributed by atoms with Crippen LogP contribution in [0.15, 0.2) is 48.5 Å². The Bertz CT molecular complexity index is 771. The minimum absolute atomic E-state index is 0.272. The SMILES string of the molecule is CCCCCCCc1ccc(-c2ccc([C@]3(C#N)CC[C@H](CC)CC3)cc2)cc1. The Balaban J connectivity index is 1.62. The van der Waals surface area contributed by atoms with E-state index < -0.39 is 0 Å². The van der Waals surface area contributed by atoms with Crippen LogP contribution in [-0.2, 0) is 11.8 Å². The molecule has 1 saturated carbocycles. The molecule has 0 bridgehead atoms. The van der Waals surface area contributed by atoms with E-state index in [1.54, 1.807) is 0 Å². The van der Waals surface area contributed by atoms with E-state index in [1.165, 1.54) is 80.0 Å². The second-order valence-electron chi connectivity index (χ2n) is 8.98. The van der Waals surface area contributed by atoms with Gasteiger partial charge in [0, 0.05) is 0 Å². The lowest BCUT2D eigenvalue weighted by molar-refractivity contribution is 0.273. The molecular formula is C28H37N. The molecule has 1 aliphatic carbocycles. The first-order chi connectivity index (χ1) is 14.2. The molecule has 29 heavy (non-hydrogen) atoms. The van der Waals surface area contributed by atoms with Crippen LogP contribution < -0.4 is 0 Å². The number of hydrogen-bond acceptors (Lipinski definition) is 1. The monoisotopic (exact) mass is 387 g/mol. The molecule has 0 unspecified atom stereocenters. The third kappa shape index (κ3) is 5.51. The van der Waals surface area contributed by atoms with Gasteiger partial charge in [0.25, 0.3) is 0 Å². The summed E-state index contributed by atoms with van der Waals surface area (Å²) >= 11 is 0. The summed E-state index contributed by atoms with van der Waals surface area (Å²) in [7, 11) is 0. The molecule has 2 aromatic carbocycles. The van der Waals surface area contributed by atoms with Crippen LogP contribution in [0.3, 0.4) is 0 Å². The molecule has 0 saturated heterocycles. The first kappa shape index (κ1) is 21.6. The zero-order valence-corrected chi connectivity index (χ0v) is 18.4. The molecule has 1 aliphatic rings. The zero-order valence-electron chi connectivity index (χ0n) is 18.4. The average molecular weight is 388 g/mol. The number of benzene rings is 2. The van der Waals surface area contributed by atoms with E-state index in [9.17, 15) is 5.26 Å². The highest BCUT2D eigenvalue weighted by Gasteiger charge is 2.36. The fraction of sp³-hybridized carbons (Fsp3) is 0.536. The second-order valence-corrected chi connectivity index (χ2v) is 8.98. The molecule has 0 amide bonds. The normalized spacial score (nSPS) is 21.6. The molecule has 0 aliphatic heterocycles. The first-order valence-electron chi connectivity index (χ1n) is 11.8. The fourth-order valence-corrected chi connectivity index (χ4v) is 4.82. The first-order valence-corrected chi connectivity index (χ1v) is 11.8. The van der Waals surface area contributed by atoms with Gasteiger partial charge in [-0.3, -0.25) is 0 Å². The van der Waals surface area contributed by atoms with Crippen molar-refractivity contribution >= 4 is 0 Å². The minimum Gasteiger partial charge on any atom is -0.197 e. The lowest BCUT2D eigenvalue weighted by Crippen LogP contribution is -2.30. The van der Waals surface area contributed by atoms with Crippen LogP contribution in [-0.4, -0.2) is 0 Å². The summed E-state index contributed by atoms with van der Waals surface area (Å²) in [6.45, 7) is 4.54. The van der Waals surface area contributed by atoms with Crippen molar-refractivity contribution in [2.45, 2.75) is 89.9 Å². The van der Waals surface area contributed by atoms with Gasteiger partial charge in [-0.15, -0.1) is 0 Å². The summed E-state index contributed by atoms with van der Waals surface area (Å²) in [4.78, 5) is 0. The predicted octanol–water partition coefficient (Wildman–Crippen LogP) is 8.23. The fourth-order valence-electron chi connectivity index (χ4n) is 4.82. The number of nitrogens with zero attached hydrogens (tertiary/aromatic N) is 1. The lowest BCUT2D eigenvalue weighted by atomic mass is 9.67. The van der Waals surface area contributed by atoms with Gasteiger partial charge in [0.2, 0.25) is 0 Å². The van der Waals surface area contributed by atoms with Gasteiger partial charge in [-0.1, -0.05) is 94.5 Å². The Hall–Kier alpha value is -2.07. The Morgan fingerprint density at radius 3 is 1.97 bits per heavy atom. The molecule has 0 atom stereocenters. The highest BCUT2D eigenvalue weighted by Crippen LogP contribution is 2.42. The maximum Gasteiger partial charge on any atom is 0.0822 e. The molecule has 154 valence electrons. The molecule has 0 N–H and O–H groups in total. The van der Waals surface area contributed by atoms with Gasteiger partial charge in [0.1, 0.15) is 0 Å². The lowest BCUT2D eigenvalue weighted by Gasteiger charge is -2.35. The van der Waals surface area contributed by atoms with Crippen molar-refractivity contribution in [1.82, 2.24) is 0 Å². The third-order valence-electron chi connectivity index (χ3n) is 7.04. The number of rotatable bonds is 9. The van der Waals surface area contributed by atoms with Crippen molar-refractivity contribution in [3.05, 3.63) is 59.7 Å². The van der Waals surface area contributed by atoms with Gasteiger partial charge in [-0.2, -0.15) is 5.26 Å². The molecule has 0 heterocycles. The van der Waals surface area contributed by atoms with E-state index in [0.717, 1.165) is 18.8 Å². The standard InChI is InChI=1S/C28H37N/c1-3-5-6-7-8-9-24-10-12-25(13-11-24)26-14-16-27(17-15-26)28(22-29)20-18-23(4-2)19-21-28/h10-17,23H,3-9,18-21H2,1-2H3/t23-,28+. The summed E-state index contributed by atoms with van der Waals surface area (Å²) < 4.78 is 0. The van der Waals surface area contributed by atoms with Crippen molar-refractivity contribution in [1.29, 1.82) is 5.26 Å². The molecule has 1 nitrogen and oxygen atoms in total. The molecule has 0 spiro atoms. The van der Waals surface area contributed by atoms with Gasteiger partial charge in [0.05, 0.1) is 11.5 Å². The van der Waals surface area contributed by atoms with Crippen LogP contribution in [0.2, 0.25) is 0 Å². The van der Waals surface area contributed by atoms with Gasteiger partial charge < -0.3 is 0 Å². The van der Waals surface area contributed by atoms with Crippen molar-refractivity contribution < 1.29 is 0 Å². The molecule has 2 aromatic rings. The van der Waals surface area contributed by atoms with E-state index in [0.29, 0.717) is 0 Å². The highest BCUT2D eigenvalue weighted by atomic mass is 14.4. The van der Waals surface area contributed by atoms with E-state index in [-0.39, 0.29) is 5.41 Å². The smallest absolute Gasteiger partial charge is 0.0822 e. The van der Waals surface area contributed by atoms with E-state index in [2.05, 4.69) is 68.4 Å². The number of unbranched alkanes of at least 4 members (excludes halogenated alkanes) is 4. The second kappa shape index (κ2) is 10.6. The van der Waals surface area contributed by atoms with Gasteiger partial charge in [-0.05, 0) is 66.7 Å². The van der Waals surface area contributed by atoms with Crippen molar-refractivity contribution in [2.24, 2.45) is 5.92 Å². The van der Waals surface area contributed by atoms with Gasteiger partial charge >= 0.3 is 0 Å². The van der Waals surface area contributed by atoms with Crippen molar-refractivity contribution in [2.75, 3.05) is 0 Å². The molecule has 0 aromatic heterocycles. The molecule has 1 heteroatoms. The van der Waals surface area contributed by atoms with Crippen LogP contribution in [0, 0.1) is 17.2 Å². The Morgan fingerprint density at radius 2 is 1.41 bits per heavy atom. The maximum absolute atomic E-state index is 9.94. The van der Waals surface area contributed by atoms with Crippen LogP contribution in [0.4, 0.5) is 0 Å². The summed E-state index contributed by atoms with van der Waals surface area (Å²) in [6, 6.07) is 20.6. The van der Waals surface area contributed by atoms with Crippen molar-refractivity contribution in [3.63, 3.8) is 0 Å². The Kier molecular flexibility index (Phi) is 7.93. The molecule has 3 rings (SSSR count). The Morgan fingerprint density at radius 1 is 0.828 bits per heavy atom. The van der Waals surface area contributed by atoms with E-state index in [4.69, 9.17) is 0 Å². The summed E-state index contributed by atoms with van der Waals surface area (Å²) in [5.74, 6) is 0.806. The number of nitriles is 1. The third-order valence-corrected chi connectivity index (χ3v) is 7.04.